The second-order valence-electron chi connectivity index (χ2n) is 7.26. The third-order valence-corrected chi connectivity index (χ3v) is 3.88. The monoisotopic (exact) mass is 195 g/mol. The van der Waals surface area contributed by atoms with E-state index in [0.717, 1.165) is 18.0 Å². The van der Waals surface area contributed by atoms with Crippen molar-refractivity contribution >= 4 is 0 Å². The summed E-state index contributed by atoms with van der Waals surface area (Å²) < 4.78 is 0. The number of hydrogen-bond acceptors (Lipinski definition) is 1. The van der Waals surface area contributed by atoms with E-state index in [1.54, 1.807) is 0 Å². The first kappa shape index (κ1) is 10.5. The molecule has 1 heterocycles. The highest BCUT2D eigenvalue weighted by Gasteiger charge is 2.57. The maximum Gasteiger partial charge on any atom is 0.0155 e. The first-order valence-electron chi connectivity index (χ1n) is 6.00. The van der Waals surface area contributed by atoms with Gasteiger partial charge in [0.1, 0.15) is 0 Å². The second-order valence-corrected chi connectivity index (χ2v) is 7.26. The van der Waals surface area contributed by atoms with Crippen LogP contribution in [0.2, 0.25) is 0 Å². The Morgan fingerprint density at radius 2 is 1.50 bits per heavy atom. The molecule has 2 aliphatic rings. The molecule has 0 aromatic rings. The Bertz CT molecular complexity index is 231. The molecule has 82 valence electrons. The predicted octanol–water partition coefficient (Wildman–Crippen LogP) is 3.29. The van der Waals surface area contributed by atoms with Gasteiger partial charge in [0.05, 0.1) is 0 Å². The van der Waals surface area contributed by atoms with Crippen molar-refractivity contribution in [2.24, 2.45) is 11.3 Å². The molecule has 2 unspecified atom stereocenters. The van der Waals surface area contributed by atoms with Gasteiger partial charge in [-0.05, 0) is 44.9 Å². The van der Waals surface area contributed by atoms with E-state index < -0.39 is 0 Å². The van der Waals surface area contributed by atoms with E-state index in [4.69, 9.17) is 0 Å². The minimum Gasteiger partial charge on any atom is -0.292 e. The second kappa shape index (κ2) is 2.75. The standard InChI is InChI=1S/C13H25N/c1-12(2,3)11-8-9-7-10(9)14(11)13(4,5)6/h9-11H,7-8H2,1-6H3/t9?,10-,11?/m0/s1. The van der Waals surface area contributed by atoms with Crippen molar-refractivity contribution in [2.75, 3.05) is 0 Å². The molecule has 3 atom stereocenters. The molecular weight excluding hydrogens is 170 g/mol. The van der Waals surface area contributed by atoms with Gasteiger partial charge in [-0.15, -0.1) is 0 Å². The van der Waals surface area contributed by atoms with Gasteiger partial charge in [-0.1, -0.05) is 20.8 Å². The smallest absolute Gasteiger partial charge is 0.0155 e. The first-order chi connectivity index (χ1) is 6.21. The summed E-state index contributed by atoms with van der Waals surface area (Å²) in [5.41, 5.74) is 0.800. The SMILES string of the molecule is CC(C)(C)C1CC2C[C@@H]2N1C(C)(C)C. The summed E-state index contributed by atoms with van der Waals surface area (Å²) in [6.45, 7) is 14.3. The summed E-state index contributed by atoms with van der Waals surface area (Å²) in [7, 11) is 0. The molecule has 1 saturated carbocycles. The average molecular weight is 195 g/mol. The molecule has 0 amide bonds. The van der Waals surface area contributed by atoms with E-state index in [2.05, 4.69) is 46.4 Å². The quantitative estimate of drug-likeness (QED) is 0.573. The summed E-state index contributed by atoms with van der Waals surface area (Å²) in [5.74, 6) is 1.03. The van der Waals surface area contributed by atoms with Gasteiger partial charge in [-0.2, -0.15) is 0 Å². The lowest BCUT2D eigenvalue weighted by molar-refractivity contribution is 0.0363. The zero-order valence-electron chi connectivity index (χ0n) is 10.6. The van der Waals surface area contributed by atoms with E-state index in [0.29, 0.717) is 11.0 Å². The summed E-state index contributed by atoms with van der Waals surface area (Å²) >= 11 is 0. The van der Waals surface area contributed by atoms with Crippen LogP contribution in [0.4, 0.5) is 0 Å². The fraction of sp³-hybridized carbons (Fsp3) is 1.00. The lowest BCUT2D eigenvalue weighted by atomic mass is 9.82. The normalized spacial score (nSPS) is 38.6. The molecule has 1 nitrogen and oxygen atoms in total. The van der Waals surface area contributed by atoms with Crippen LogP contribution in [0.1, 0.15) is 54.4 Å². The van der Waals surface area contributed by atoms with Gasteiger partial charge in [0.2, 0.25) is 0 Å². The Morgan fingerprint density at radius 3 is 1.86 bits per heavy atom. The molecule has 0 radical (unpaired) electrons. The Balaban J connectivity index is 2.20. The van der Waals surface area contributed by atoms with Gasteiger partial charge in [-0.3, -0.25) is 4.90 Å². The van der Waals surface area contributed by atoms with Crippen LogP contribution in [0.25, 0.3) is 0 Å². The van der Waals surface area contributed by atoms with Gasteiger partial charge < -0.3 is 0 Å². The zero-order valence-corrected chi connectivity index (χ0v) is 10.6. The van der Waals surface area contributed by atoms with Gasteiger partial charge in [-0.25, -0.2) is 0 Å². The molecule has 1 aliphatic heterocycles. The van der Waals surface area contributed by atoms with Crippen LogP contribution in [0.5, 0.6) is 0 Å². The van der Waals surface area contributed by atoms with Gasteiger partial charge in [0, 0.05) is 17.6 Å². The largest absolute Gasteiger partial charge is 0.292 e. The van der Waals surface area contributed by atoms with Crippen molar-refractivity contribution in [2.45, 2.75) is 72.0 Å². The maximum absolute atomic E-state index is 2.79. The van der Waals surface area contributed by atoms with E-state index in [1.807, 2.05) is 0 Å². The van der Waals surface area contributed by atoms with E-state index >= 15 is 0 Å². The van der Waals surface area contributed by atoms with Crippen LogP contribution in [-0.2, 0) is 0 Å². The van der Waals surface area contributed by atoms with Crippen molar-refractivity contribution in [1.29, 1.82) is 0 Å². The third-order valence-electron chi connectivity index (χ3n) is 3.88. The van der Waals surface area contributed by atoms with Crippen LogP contribution in [0.3, 0.4) is 0 Å². The molecule has 0 aromatic heterocycles. The lowest BCUT2D eigenvalue weighted by Gasteiger charge is -2.45. The topological polar surface area (TPSA) is 3.24 Å². The minimum atomic E-state index is 0.355. The fourth-order valence-electron chi connectivity index (χ4n) is 3.19. The first-order valence-corrected chi connectivity index (χ1v) is 6.00. The fourth-order valence-corrected chi connectivity index (χ4v) is 3.19. The van der Waals surface area contributed by atoms with Crippen molar-refractivity contribution < 1.29 is 0 Å². The van der Waals surface area contributed by atoms with E-state index in [-0.39, 0.29) is 0 Å². The number of piperidine rings is 1. The van der Waals surface area contributed by atoms with Gasteiger partial charge in [0.15, 0.2) is 0 Å². The Hall–Kier alpha value is -0.0400. The predicted molar refractivity (Wildman–Crippen MR) is 61.3 cm³/mol. The number of fused-ring (bicyclic) bond motifs is 1. The molecular formula is C13H25N. The van der Waals surface area contributed by atoms with Crippen LogP contribution in [0, 0.1) is 11.3 Å². The lowest BCUT2D eigenvalue weighted by Crippen LogP contribution is -2.51. The molecule has 2 fully saturated rings. The third kappa shape index (κ3) is 1.60. The Kier molecular flexibility index (Phi) is 2.06. The highest BCUT2D eigenvalue weighted by Crippen LogP contribution is 2.54. The Morgan fingerprint density at radius 1 is 0.929 bits per heavy atom. The average Bonchev–Trinajstić information content (AvgIpc) is 2.56. The number of likely N-dealkylation sites (tertiary alicyclic amines) is 1. The highest BCUT2D eigenvalue weighted by molar-refractivity contribution is 5.11. The number of rotatable bonds is 0. The molecule has 0 aromatic carbocycles. The summed E-state index contributed by atoms with van der Waals surface area (Å²) in [5, 5.41) is 0. The molecule has 14 heavy (non-hydrogen) atoms. The van der Waals surface area contributed by atoms with Gasteiger partial charge in [0.25, 0.3) is 0 Å². The summed E-state index contributed by atoms with van der Waals surface area (Å²) in [6, 6.07) is 1.71. The van der Waals surface area contributed by atoms with Gasteiger partial charge >= 0.3 is 0 Å². The van der Waals surface area contributed by atoms with Crippen LogP contribution in [0.15, 0.2) is 0 Å². The van der Waals surface area contributed by atoms with Crippen molar-refractivity contribution in [1.82, 2.24) is 4.90 Å². The van der Waals surface area contributed by atoms with E-state index in [1.165, 1.54) is 12.8 Å². The molecule has 1 heteroatoms. The van der Waals surface area contributed by atoms with Crippen molar-refractivity contribution in [3.05, 3.63) is 0 Å². The van der Waals surface area contributed by atoms with Crippen LogP contribution < -0.4 is 0 Å². The van der Waals surface area contributed by atoms with Crippen molar-refractivity contribution in [3.8, 4) is 0 Å². The molecule has 1 aliphatic carbocycles. The van der Waals surface area contributed by atoms with E-state index in [9.17, 15) is 0 Å². The maximum atomic E-state index is 2.79. The van der Waals surface area contributed by atoms with Crippen LogP contribution >= 0.6 is 0 Å². The number of nitrogens with zero attached hydrogens (tertiary/aromatic N) is 1. The Labute approximate surface area is 88.9 Å². The molecule has 1 saturated heterocycles. The highest BCUT2D eigenvalue weighted by atomic mass is 15.3. The summed E-state index contributed by atoms with van der Waals surface area (Å²) in [4.78, 5) is 2.79. The number of hydrogen-bond donors (Lipinski definition) is 0. The molecule has 0 N–H and O–H groups in total. The molecule has 0 bridgehead atoms. The van der Waals surface area contributed by atoms with Crippen molar-refractivity contribution in [3.63, 3.8) is 0 Å². The minimum absolute atomic E-state index is 0.355. The van der Waals surface area contributed by atoms with Crippen LogP contribution in [-0.4, -0.2) is 22.5 Å². The zero-order chi connectivity index (χ0) is 10.7. The summed E-state index contributed by atoms with van der Waals surface area (Å²) in [6.07, 6.45) is 2.90. The molecule has 0 spiro atoms. The molecule has 2 rings (SSSR count).